The highest BCUT2D eigenvalue weighted by atomic mass is 16.5. The molecule has 1 aromatic carbocycles. The van der Waals surface area contributed by atoms with Crippen molar-refractivity contribution in [3.05, 3.63) is 29.1 Å². The second-order valence-electron chi connectivity index (χ2n) is 4.24. The molecule has 96 valence electrons. The molecule has 0 spiro atoms. The molecule has 1 heterocycles. The smallest absolute Gasteiger partial charge is 0.164 e. The molecule has 0 saturated heterocycles. The van der Waals surface area contributed by atoms with Crippen molar-refractivity contribution in [2.45, 2.75) is 20.4 Å². The molecule has 1 aromatic heterocycles. The molecule has 0 radical (unpaired) electrons. The number of hydrogen-bond donors (Lipinski definition) is 1. The van der Waals surface area contributed by atoms with Gasteiger partial charge in [-0.2, -0.15) is 5.10 Å². The zero-order chi connectivity index (χ0) is 13.3. The number of ether oxygens (including phenoxy) is 1. The van der Waals surface area contributed by atoms with Gasteiger partial charge < -0.3 is 10.5 Å². The number of benzene rings is 1. The van der Waals surface area contributed by atoms with Crippen LogP contribution in [0.15, 0.2) is 12.1 Å². The first-order chi connectivity index (χ1) is 8.58. The monoisotopic (exact) mass is 246 g/mol. The first-order valence-electron chi connectivity index (χ1n) is 5.83. The van der Waals surface area contributed by atoms with Gasteiger partial charge in [-0.25, -0.2) is 9.67 Å². The molecule has 18 heavy (non-hydrogen) atoms. The largest absolute Gasteiger partial charge is 0.496 e. The number of aryl methyl sites for hydroxylation is 1. The summed E-state index contributed by atoms with van der Waals surface area (Å²) in [4.78, 5) is 4.44. The molecule has 0 saturated carbocycles. The topological polar surface area (TPSA) is 66.0 Å². The lowest BCUT2D eigenvalue weighted by molar-refractivity contribution is 0.411. The molecule has 0 amide bonds. The van der Waals surface area contributed by atoms with Crippen LogP contribution in [0.3, 0.4) is 0 Å². The van der Waals surface area contributed by atoms with Gasteiger partial charge in [0.05, 0.1) is 13.7 Å². The van der Waals surface area contributed by atoms with Crippen LogP contribution in [0.5, 0.6) is 5.75 Å². The van der Waals surface area contributed by atoms with Gasteiger partial charge in [0.25, 0.3) is 0 Å². The Labute approximate surface area is 107 Å². The lowest BCUT2D eigenvalue weighted by Gasteiger charge is -2.11. The van der Waals surface area contributed by atoms with Crippen LogP contribution in [0.4, 0.5) is 0 Å². The van der Waals surface area contributed by atoms with Crippen molar-refractivity contribution in [3.63, 3.8) is 0 Å². The van der Waals surface area contributed by atoms with E-state index in [4.69, 9.17) is 10.5 Å². The fourth-order valence-corrected chi connectivity index (χ4v) is 2.02. The molecule has 0 aliphatic carbocycles. The molecule has 5 nitrogen and oxygen atoms in total. The van der Waals surface area contributed by atoms with Crippen molar-refractivity contribution in [1.29, 1.82) is 0 Å². The van der Waals surface area contributed by atoms with Crippen molar-refractivity contribution in [3.8, 4) is 17.1 Å². The van der Waals surface area contributed by atoms with Crippen molar-refractivity contribution in [1.82, 2.24) is 14.8 Å². The fraction of sp³-hybridized carbons (Fsp3) is 0.385. The predicted octanol–water partition coefficient (Wildman–Crippen LogP) is 1.57. The molecule has 0 bridgehead atoms. The molecular weight excluding hydrogens is 228 g/mol. The number of rotatable bonds is 3. The molecule has 2 N–H and O–H groups in total. The summed E-state index contributed by atoms with van der Waals surface area (Å²) in [7, 11) is 3.55. The Kier molecular flexibility index (Phi) is 3.34. The van der Waals surface area contributed by atoms with Gasteiger partial charge in [0.2, 0.25) is 0 Å². The van der Waals surface area contributed by atoms with Crippen molar-refractivity contribution < 1.29 is 4.74 Å². The zero-order valence-electron chi connectivity index (χ0n) is 11.2. The van der Waals surface area contributed by atoms with Crippen LogP contribution in [0.1, 0.15) is 17.0 Å². The van der Waals surface area contributed by atoms with Gasteiger partial charge in [-0.1, -0.05) is 0 Å². The van der Waals surface area contributed by atoms with Crippen LogP contribution in [-0.2, 0) is 13.6 Å². The molecule has 0 unspecified atom stereocenters. The molecular formula is C13H18N4O. The summed E-state index contributed by atoms with van der Waals surface area (Å²) in [5, 5.41) is 4.27. The van der Waals surface area contributed by atoms with Crippen LogP contribution in [0.25, 0.3) is 11.4 Å². The number of aromatic nitrogens is 3. The van der Waals surface area contributed by atoms with E-state index in [-0.39, 0.29) is 0 Å². The highest BCUT2D eigenvalue weighted by Gasteiger charge is 2.14. The Morgan fingerprint density at radius 2 is 2.00 bits per heavy atom. The number of nitrogens with zero attached hydrogens (tertiary/aromatic N) is 3. The SMILES string of the molecule is COc1ccc(-c2nc(CN)nn2C)c(C)c1C. The van der Waals surface area contributed by atoms with Crippen LogP contribution in [-0.4, -0.2) is 21.9 Å². The van der Waals surface area contributed by atoms with Crippen LogP contribution in [0, 0.1) is 13.8 Å². The van der Waals surface area contributed by atoms with Crippen LogP contribution in [0.2, 0.25) is 0 Å². The summed E-state index contributed by atoms with van der Waals surface area (Å²) < 4.78 is 7.07. The molecule has 0 atom stereocenters. The minimum Gasteiger partial charge on any atom is -0.496 e. The van der Waals surface area contributed by atoms with E-state index in [0.717, 1.165) is 28.3 Å². The quantitative estimate of drug-likeness (QED) is 0.892. The second-order valence-corrected chi connectivity index (χ2v) is 4.24. The maximum absolute atomic E-state index is 5.57. The second kappa shape index (κ2) is 4.78. The van der Waals surface area contributed by atoms with E-state index in [1.165, 1.54) is 0 Å². The summed E-state index contributed by atoms with van der Waals surface area (Å²) in [6, 6.07) is 3.96. The van der Waals surface area contributed by atoms with Gasteiger partial charge in [-0.3, -0.25) is 0 Å². The van der Waals surface area contributed by atoms with Gasteiger partial charge in [-0.15, -0.1) is 0 Å². The third-order valence-electron chi connectivity index (χ3n) is 3.19. The number of methoxy groups -OCH3 is 1. The van der Waals surface area contributed by atoms with E-state index < -0.39 is 0 Å². The normalized spacial score (nSPS) is 10.7. The lowest BCUT2D eigenvalue weighted by atomic mass is 10.0. The highest BCUT2D eigenvalue weighted by Crippen LogP contribution is 2.29. The minimum absolute atomic E-state index is 0.349. The highest BCUT2D eigenvalue weighted by molar-refractivity contribution is 5.64. The summed E-state index contributed by atoms with van der Waals surface area (Å²) in [6.45, 7) is 4.45. The van der Waals surface area contributed by atoms with E-state index >= 15 is 0 Å². The van der Waals surface area contributed by atoms with Crippen molar-refractivity contribution >= 4 is 0 Å². The van der Waals surface area contributed by atoms with Crippen LogP contribution >= 0.6 is 0 Å². The molecule has 0 aliphatic rings. The van der Waals surface area contributed by atoms with E-state index in [2.05, 4.69) is 17.0 Å². The van der Waals surface area contributed by atoms with Gasteiger partial charge in [-0.05, 0) is 37.1 Å². The summed E-state index contributed by atoms with van der Waals surface area (Å²) >= 11 is 0. The van der Waals surface area contributed by atoms with E-state index in [1.807, 2.05) is 26.1 Å². The molecule has 2 rings (SSSR count). The summed E-state index contributed by atoms with van der Waals surface area (Å²) in [5.74, 6) is 2.37. The zero-order valence-corrected chi connectivity index (χ0v) is 11.2. The third kappa shape index (κ3) is 1.97. The van der Waals surface area contributed by atoms with E-state index in [0.29, 0.717) is 12.4 Å². The maximum Gasteiger partial charge on any atom is 0.164 e. The first-order valence-corrected chi connectivity index (χ1v) is 5.83. The molecule has 0 aliphatic heterocycles. The maximum atomic E-state index is 5.57. The minimum atomic E-state index is 0.349. The third-order valence-corrected chi connectivity index (χ3v) is 3.19. The Morgan fingerprint density at radius 3 is 2.56 bits per heavy atom. The average Bonchev–Trinajstić information content (AvgIpc) is 2.74. The van der Waals surface area contributed by atoms with Gasteiger partial charge in [0.1, 0.15) is 5.75 Å². The van der Waals surface area contributed by atoms with Gasteiger partial charge in [0, 0.05) is 12.6 Å². The van der Waals surface area contributed by atoms with Gasteiger partial charge >= 0.3 is 0 Å². The Hall–Kier alpha value is -1.88. The van der Waals surface area contributed by atoms with E-state index in [9.17, 15) is 0 Å². The number of nitrogens with two attached hydrogens (primary N) is 1. The first kappa shape index (κ1) is 12.6. The Morgan fingerprint density at radius 1 is 1.28 bits per heavy atom. The van der Waals surface area contributed by atoms with E-state index in [1.54, 1.807) is 11.8 Å². The van der Waals surface area contributed by atoms with Crippen LogP contribution < -0.4 is 10.5 Å². The standard InChI is InChI=1S/C13H18N4O/c1-8-9(2)11(18-4)6-5-10(8)13-15-12(7-14)16-17(13)3/h5-6H,7,14H2,1-4H3. The van der Waals surface area contributed by atoms with Gasteiger partial charge in [0.15, 0.2) is 11.6 Å². The molecule has 5 heteroatoms. The summed E-state index contributed by atoms with van der Waals surface area (Å²) in [5.41, 5.74) is 8.89. The Balaban J connectivity index is 2.57. The van der Waals surface area contributed by atoms with Crippen molar-refractivity contribution in [2.24, 2.45) is 12.8 Å². The lowest BCUT2D eigenvalue weighted by Crippen LogP contribution is -1.99. The Bertz CT molecular complexity index is 575. The van der Waals surface area contributed by atoms with Crippen molar-refractivity contribution in [2.75, 3.05) is 7.11 Å². The predicted molar refractivity (Wildman–Crippen MR) is 70.4 cm³/mol. The average molecular weight is 246 g/mol. The molecule has 2 aromatic rings. The number of hydrogen-bond acceptors (Lipinski definition) is 4. The summed E-state index contributed by atoms with van der Waals surface area (Å²) in [6.07, 6.45) is 0. The molecule has 0 fully saturated rings. The fourth-order valence-electron chi connectivity index (χ4n) is 2.02.